The Labute approximate surface area is 170 Å². The molecule has 1 aromatic heterocycles. The van der Waals surface area contributed by atoms with Crippen molar-refractivity contribution in [2.45, 2.75) is 38.6 Å². The maximum Gasteiger partial charge on any atom is 0.340 e. The smallest absolute Gasteiger partial charge is 0.340 e. The van der Waals surface area contributed by atoms with Crippen LogP contribution in [0.4, 0.5) is 11.4 Å². The number of halogens is 1. The number of aromatic nitrogens is 1. The van der Waals surface area contributed by atoms with E-state index in [2.05, 4.69) is 40.3 Å². The summed E-state index contributed by atoms with van der Waals surface area (Å²) in [6.07, 6.45) is 8.98. The number of carbonyl (C=O) groups is 1. The molecule has 3 aromatic rings. The Morgan fingerprint density at radius 1 is 1.14 bits per heavy atom. The van der Waals surface area contributed by atoms with Crippen molar-refractivity contribution >= 4 is 39.8 Å². The van der Waals surface area contributed by atoms with E-state index in [-0.39, 0.29) is 0 Å². The molecule has 1 N–H and O–H groups in total. The van der Waals surface area contributed by atoms with Gasteiger partial charge in [-0.25, -0.2) is 4.79 Å². The first-order chi connectivity index (χ1) is 13.6. The molecule has 146 valence electrons. The molecule has 1 heterocycles. The average Bonchev–Trinajstić information content (AvgIpc) is 3.11. The second kappa shape index (κ2) is 8.27. The molecule has 1 fully saturated rings. The van der Waals surface area contributed by atoms with Crippen molar-refractivity contribution < 1.29 is 9.53 Å². The lowest BCUT2D eigenvalue weighted by Gasteiger charge is -2.22. The van der Waals surface area contributed by atoms with Crippen LogP contribution in [0.5, 0.6) is 0 Å². The predicted molar refractivity (Wildman–Crippen MR) is 115 cm³/mol. The molecule has 4 nitrogen and oxygen atoms in total. The van der Waals surface area contributed by atoms with Crippen LogP contribution in [0, 0.1) is 5.92 Å². The number of anilines is 2. The Balaban J connectivity index is 1.57. The molecule has 1 saturated carbocycles. The van der Waals surface area contributed by atoms with Gasteiger partial charge in [0.25, 0.3) is 0 Å². The topological polar surface area (TPSA) is 43.3 Å². The van der Waals surface area contributed by atoms with Crippen molar-refractivity contribution in [3.05, 3.63) is 59.2 Å². The molecule has 5 heteroatoms. The van der Waals surface area contributed by atoms with E-state index in [0.717, 1.165) is 18.2 Å². The van der Waals surface area contributed by atoms with Crippen LogP contribution in [0.15, 0.2) is 48.7 Å². The summed E-state index contributed by atoms with van der Waals surface area (Å²) in [5.41, 5.74) is 3.28. The van der Waals surface area contributed by atoms with Gasteiger partial charge in [0.1, 0.15) is 0 Å². The number of benzene rings is 2. The van der Waals surface area contributed by atoms with Crippen LogP contribution in [-0.4, -0.2) is 17.6 Å². The van der Waals surface area contributed by atoms with Gasteiger partial charge in [-0.2, -0.15) is 0 Å². The lowest BCUT2D eigenvalue weighted by atomic mass is 9.89. The van der Waals surface area contributed by atoms with Crippen LogP contribution < -0.4 is 5.32 Å². The number of nitrogens with one attached hydrogen (secondary N) is 1. The minimum Gasteiger partial charge on any atom is -0.465 e. The molecule has 0 radical (unpaired) electrons. The van der Waals surface area contributed by atoms with Crippen molar-refractivity contribution in [1.29, 1.82) is 0 Å². The first kappa shape index (κ1) is 18.9. The maximum absolute atomic E-state index is 12.1. The summed E-state index contributed by atoms with van der Waals surface area (Å²) in [4.78, 5) is 12.1. The minimum atomic E-state index is -0.412. The maximum atomic E-state index is 12.1. The third-order valence-corrected chi connectivity index (χ3v) is 5.85. The summed E-state index contributed by atoms with van der Waals surface area (Å²) in [5, 5.41) is 5.02. The van der Waals surface area contributed by atoms with Gasteiger partial charge in [0.15, 0.2) is 0 Å². The Morgan fingerprint density at radius 3 is 2.75 bits per heavy atom. The van der Waals surface area contributed by atoms with Gasteiger partial charge >= 0.3 is 5.97 Å². The van der Waals surface area contributed by atoms with Gasteiger partial charge in [-0.1, -0.05) is 30.9 Å². The van der Waals surface area contributed by atoms with E-state index >= 15 is 0 Å². The highest BCUT2D eigenvalue weighted by Gasteiger charge is 2.16. The third-order valence-electron chi connectivity index (χ3n) is 5.62. The summed E-state index contributed by atoms with van der Waals surface area (Å²) in [6.45, 7) is 1.10. The lowest BCUT2D eigenvalue weighted by molar-refractivity contribution is 0.0602. The van der Waals surface area contributed by atoms with Gasteiger partial charge in [-0.05, 0) is 61.2 Å². The Bertz CT molecular complexity index is 989. The molecular formula is C23H25ClN2O2. The zero-order valence-electron chi connectivity index (χ0n) is 16.1. The molecule has 1 aliphatic carbocycles. The van der Waals surface area contributed by atoms with Crippen LogP contribution in [0.1, 0.15) is 42.5 Å². The number of rotatable bonds is 5. The summed E-state index contributed by atoms with van der Waals surface area (Å²) in [6, 6.07) is 13.6. The van der Waals surface area contributed by atoms with Crippen molar-refractivity contribution in [3.63, 3.8) is 0 Å². The van der Waals surface area contributed by atoms with Gasteiger partial charge in [-0.15, -0.1) is 0 Å². The van der Waals surface area contributed by atoms with Gasteiger partial charge in [0.2, 0.25) is 0 Å². The van der Waals surface area contributed by atoms with Gasteiger partial charge in [-0.3, -0.25) is 0 Å². The van der Waals surface area contributed by atoms with Gasteiger partial charge in [0.05, 0.1) is 18.4 Å². The van der Waals surface area contributed by atoms with Crippen LogP contribution in [0.3, 0.4) is 0 Å². The van der Waals surface area contributed by atoms with Crippen molar-refractivity contribution in [1.82, 2.24) is 4.57 Å². The normalized spacial score (nSPS) is 14.9. The van der Waals surface area contributed by atoms with Crippen LogP contribution in [0.25, 0.3) is 10.9 Å². The fourth-order valence-corrected chi connectivity index (χ4v) is 4.32. The molecular weight excluding hydrogens is 372 g/mol. The molecule has 0 bridgehead atoms. The molecule has 4 rings (SSSR count). The van der Waals surface area contributed by atoms with E-state index in [1.807, 2.05) is 0 Å². The summed E-state index contributed by atoms with van der Waals surface area (Å²) in [5.74, 6) is 0.378. The standard InChI is InChI=1S/C23H25ClN2O2/c1-28-23(27)20-14-18(24)7-9-21(20)25-19-8-10-22-17(13-19)11-12-26(22)15-16-5-3-2-4-6-16/h7-14,16,25H,2-6,15H2,1H3. The van der Waals surface area contributed by atoms with E-state index in [4.69, 9.17) is 16.3 Å². The predicted octanol–water partition coefficient (Wildman–Crippen LogP) is 6.41. The number of hydrogen-bond donors (Lipinski definition) is 1. The highest BCUT2D eigenvalue weighted by Crippen LogP contribution is 2.30. The fourth-order valence-electron chi connectivity index (χ4n) is 4.14. The molecule has 0 unspecified atom stereocenters. The van der Waals surface area contributed by atoms with Crippen molar-refractivity contribution in [3.8, 4) is 0 Å². The molecule has 0 saturated heterocycles. The highest BCUT2D eigenvalue weighted by atomic mass is 35.5. The lowest BCUT2D eigenvalue weighted by Crippen LogP contribution is -2.13. The number of fused-ring (bicyclic) bond motifs is 1. The van der Waals surface area contributed by atoms with E-state index in [0.29, 0.717) is 16.3 Å². The van der Waals surface area contributed by atoms with Crippen LogP contribution in [-0.2, 0) is 11.3 Å². The SMILES string of the molecule is COC(=O)c1cc(Cl)ccc1Nc1ccc2c(ccn2CC2CCCCC2)c1. The molecule has 0 atom stereocenters. The van der Waals surface area contributed by atoms with Crippen molar-refractivity contribution in [2.75, 3.05) is 12.4 Å². The molecule has 28 heavy (non-hydrogen) atoms. The van der Waals surface area contributed by atoms with E-state index in [9.17, 15) is 4.79 Å². The second-order valence-electron chi connectivity index (χ2n) is 7.55. The third kappa shape index (κ3) is 4.02. The number of hydrogen-bond acceptors (Lipinski definition) is 3. The molecule has 0 amide bonds. The summed E-state index contributed by atoms with van der Waals surface area (Å²) < 4.78 is 7.25. The van der Waals surface area contributed by atoms with Crippen molar-refractivity contribution in [2.24, 2.45) is 5.92 Å². The average molecular weight is 397 g/mol. The Kier molecular flexibility index (Phi) is 5.58. The first-order valence-corrected chi connectivity index (χ1v) is 10.3. The van der Waals surface area contributed by atoms with E-state index < -0.39 is 5.97 Å². The first-order valence-electron chi connectivity index (χ1n) is 9.88. The fraction of sp³-hybridized carbons (Fsp3) is 0.348. The number of carbonyl (C=O) groups excluding carboxylic acids is 1. The molecule has 0 aliphatic heterocycles. The number of nitrogens with zero attached hydrogens (tertiary/aromatic N) is 1. The molecule has 1 aliphatic rings. The molecule has 2 aromatic carbocycles. The Morgan fingerprint density at radius 2 is 1.96 bits per heavy atom. The Hall–Kier alpha value is -2.46. The number of esters is 1. The quantitative estimate of drug-likeness (QED) is 0.507. The van der Waals surface area contributed by atoms with Crippen LogP contribution in [0.2, 0.25) is 5.02 Å². The second-order valence-corrected chi connectivity index (χ2v) is 7.99. The zero-order valence-corrected chi connectivity index (χ0v) is 16.8. The number of ether oxygens (including phenoxy) is 1. The van der Waals surface area contributed by atoms with Crippen LogP contribution >= 0.6 is 11.6 Å². The van der Waals surface area contributed by atoms with E-state index in [1.165, 1.54) is 50.1 Å². The number of methoxy groups -OCH3 is 1. The monoisotopic (exact) mass is 396 g/mol. The van der Waals surface area contributed by atoms with Gasteiger partial charge in [0, 0.05) is 34.4 Å². The summed E-state index contributed by atoms with van der Waals surface area (Å²) >= 11 is 6.04. The minimum absolute atomic E-state index is 0.412. The largest absolute Gasteiger partial charge is 0.465 e. The molecule has 0 spiro atoms. The van der Waals surface area contributed by atoms with Gasteiger partial charge < -0.3 is 14.6 Å². The highest BCUT2D eigenvalue weighted by molar-refractivity contribution is 6.31. The summed E-state index contributed by atoms with van der Waals surface area (Å²) in [7, 11) is 1.37. The van der Waals surface area contributed by atoms with E-state index in [1.54, 1.807) is 18.2 Å². The zero-order chi connectivity index (χ0) is 19.5.